The lowest BCUT2D eigenvalue weighted by Crippen LogP contribution is -2.53. The Morgan fingerprint density at radius 1 is 1.21 bits per heavy atom. The number of nitrogens with one attached hydrogen (secondary N) is 1. The number of guanidine groups is 1. The van der Waals surface area contributed by atoms with Crippen LogP contribution < -0.4 is 5.32 Å². The molecule has 0 spiro atoms. The van der Waals surface area contributed by atoms with Gasteiger partial charge in [-0.15, -0.1) is 11.3 Å². The summed E-state index contributed by atoms with van der Waals surface area (Å²) in [6, 6.07) is 6.80. The van der Waals surface area contributed by atoms with E-state index in [4.69, 9.17) is 4.52 Å². The van der Waals surface area contributed by atoms with E-state index >= 15 is 0 Å². The molecule has 2 aromatic heterocycles. The lowest BCUT2D eigenvalue weighted by atomic mass is 10.2. The van der Waals surface area contributed by atoms with E-state index in [1.165, 1.54) is 30.8 Å². The van der Waals surface area contributed by atoms with Crippen LogP contribution >= 0.6 is 11.3 Å². The minimum Gasteiger partial charge on any atom is -0.364 e. The third-order valence-corrected chi connectivity index (χ3v) is 6.64. The molecular weight excluding hydrogens is 372 g/mol. The topological polar surface area (TPSA) is 60.1 Å². The molecule has 0 bridgehead atoms. The van der Waals surface area contributed by atoms with Crippen molar-refractivity contribution in [1.82, 2.24) is 25.2 Å². The average Bonchev–Trinajstić information content (AvgIpc) is 3.50. The van der Waals surface area contributed by atoms with Crippen molar-refractivity contribution in [2.75, 3.05) is 52.9 Å². The van der Waals surface area contributed by atoms with E-state index in [-0.39, 0.29) is 0 Å². The summed E-state index contributed by atoms with van der Waals surface area (Å²) in [5, 5.41) is 9.86. The van der Waals surface area contributed by atoms with Gasteiger partial charge in [-0.2, -0.15) is 0 Å². The number of hydrogen-bond acceptors (Lipinski definition) is 6. The molecule has 7 nitrogen and oxygen atoms in total. The molecule has 2 aliphatic rings. The quantitative estimate of drug-likeness (QED) is 0.591. The summed E-state index contributed by atoms with van der Waals surface area (Å²) in [7, 11) is 1.89. The van der Waals surface area contributed by atoms with Crippen molar-refractivity contribution in [2.24, 2.45) is 4.99 Å². The van der Waals surface area contributed by atoms with E-state index in [0.717, 1.165) is 50.9 Å². The third kappa shape index (κ3) is 4.74. The van der Waals surface area contributed by atoms with Gasteiger partial charge < -0.3 is 14.7 Å². The molecule has 8 heteroatoms. The standard InChI is InChI=1S/C20H30N6OS/c1-21-20(26-11-9-24(10-12-26)16-17-6-13-27-23-17)22-15-18(19-5-4-14-28-19)25-7-2-3-8-25/h4-6,13-14,18H,2-3,7-12,15-16H2,1H3,(H,21,22). The average molecular weight is 403 g/mol. The fourth-order valence-corrected chi connectivity index (χ4v) is 4.99. The zero-order valence-electron chi connectivity index (χ0n) is 16.6. The van der Waals surface area contributed by atoms with Crippen LogP contribution in [-0.4, -0.2) is 78.7 Å². The highest BCUT2D eigenvalue weighted by atomic mass is 32.1. The molecule has 1 atom stereocenters. The van der Waals surface area contributed by atoms with Gasteiger partial charge in [0, 0.05) is 57.3 Å². The molecule has 1 N–H and O–H groups in total. The van der Waals surface area contributed by atoms with Crippen LogP contribution in [0.3, 0.4) is 0 Å². The first-order valence-corrected chi connectivity index (χ1v) is 11.1. The van der Waals surface area contributed by atoms with Crippen LogP contribution in [0.25, 0.3) is 0 Å². The zero-order chi connectivity index (χ0) is 19.2. The molecule has 2 fully saturated rings. The fraction of sp³-hybridized carbons (Fsp3) is 0.600. The van der Waals surface area contributed by atoms with Gasteiger partial charge in [-0.3, -0.25) is 14.8 Å². The maximum Gasteiger partial charge on any atom is 0.193 e. The number of likely N-dealkylation sites (tertiary alicyclic amines) is 1. The second-order valence-electron chi connectivity index (χ2n) is 7.46. The molecular formula is C20H30N6OS. The highest BCUT2D eigenvalue weighted by Gasteiger charge is 2.26. The molecule has 0 amide bonds. The molecule has 152 valence electrons. The molecule has 0 aliphatic carbocycles. The SMILES string of the molecule is CN=C(NCC(c1cccs1)N1CCCC1)N1CCN(Cc2ccon2)CC1. The van der Waals surface area contributed by atoms with Crippen LogP contribution in [-0.2, 0) is 6.54 Å². The van der Waals surface area contributed by atoms with Crippen molar-refractivity contribution in [3.8, 4) is 0 Å². The predicted octanol–water partition coefficient (Wildman–Crippen LogP) is 2.27. The van der Waals surface area contributed by atoms with Gasteiger partial charge in [-0.25, -0.2) is 0 Å². The van der Waals surface area contributed by atoms with Gasteiger partial charge in [0.25, 0.3) is 0 Å². The molecule has 4 heterocycles. The van der Waals surface area contributed by atoms with Gasteiger partial charge in [-0.05, 0) is 37.4 Å². The number of aliphatic imine (C=N–C) groups is 1. The van der Waals surface area contributed by atoms with Crippen molar-refractivity contribution in [3.63, 3.8) is 0 Å². The molecule has 2 saturated heterocycles. The van der Waals surface area contributed by atoms with Crippen LogP contribution in [0.15, 0.2) is 39.4 Å². The molecule has 2 aromatic rings. The Kier molecular flexibility index (Phi) is 6.61. The molecule has 1 unspecified atom stereocenters. The maximum atomic E-state index is 4.94. The number of nitrogens with zero attached hydrogens (tertiary/aromatic N) is 5. The van der Waals surface area contributed by atoms with Crippen molar-refractivity contribution in [3.05, 3.63) is 40.4 Å². The highest BCUT2D eigenvalue weighted by molar-refractivity contribution is 7.10. The number of piperazine rings is 1. The van der Waals surface area contributed by atoms with E-state index < -0.39 is 0 Å². The molecule has 0 radical (unpaired) electrons. The predicted molar refractivity (Wildman–Crippen MR) is 113 cm³/mol. The van der Waals surface area contributed by atoms with E-state index in [0.29, 0.717) is 6.04 Å². The number of thiophene rings is 1. The number of rotatable bonds is 6. The Bertz CT molecular complexity index is 718. The van der Waals surface area contributed by atoms with Gasteiger partial charge in [0.05, 0.1) is 11.7 Å². The summed E-state index contributed by atoms with van der Waals surface area (Å²) in [6.07, 6.45) is 4.26. The minimum absolute atomic E-state index is 0.438. The minimum atomic E-state index is 0.438. The summed E-state index contributed by atoms with van der Waals surface area (Å²) in [4.78, 5) is 13.4. The second-order valence-corrected chi connectivity index (χ2v) is 8.44. The summed E-state index contributed by atoms with van der Waals surface area (Å²) < 4.78 is 4.94. The lowest BCUT2D eigenvalue weighted by molar-refractivity contribution is 0.167. The molecule has 0 saturated carbocycles. The van der Waals surface area contributed by atoms with Crippen LogP contribution in [0, 0.1) is 0 Å². The summed E-state index contributed by atoms with van der Waals surface area (Å²) in [5.41, 5.74) is 1.00. The Morgan fingerprint density at radius 2 is 2.04 bits per heavy atom. The van der Waals surface area contributed by atoms with Crippen molar-refractivity contribution in [2.45, 2.75) is 25.4 Å². The van der Waals surface area contributed by atoms with Crippen LogP contribution in [0.5, 0.6) is 0 Å². The van der Waals surface area contributed by atoms with Gasteiger partial charge in [0.2, 0.25) is 0 Å². The van der Waals surface area contributed by atoms with Gasteiger partial charge in [0.1, 0.15) is 6.26 Å². The van der Waals surface area contributed by atoms with E-state index in [1.54, 1.807) is 6.26 Å². The third-order valence-electron chi connectivity index (χ3n) is 5.67. The summed E-state index contributed by atoms with van der Waals surface area (Å²) in [5.74, 6) is 1.02. The van der Waals surface area contributed by atoms with E-state index in [1.807, 2.05) is 24.5 Å². The maximum absolute atomic E-state index is 4.94. The largest absolute Gasteiger partial charge is 0.364 e. The smallest absolute Gasteiger partial charge is 0.193 e. The summed E-state index contributed by atoms with van der Waals surface area (Å²) in [6.45, 7) is 8.13. The zero-order valence-corrected chi connectivity index (χ0v) is 17.4. The first-order valence-electron chi connectivity index (χ1n) is 10.2. The molecule has 2 aliphatic heterocycles. The molecule has 4 rings (SSSR count). The fourth-order valence-electron chi connectivity index (χ4n) is 4.13. The van der Waals surface area contributed by atoms with Crippen LogP contribution in [0.2, 0.25) is 0 Å². The first kappa shape index (κ1) is 19.4. The van der Waals surface area contributed by atoms with Crippen LogP contribution in [0.1, 0.15) is 29.5 Å². The number of hydrogen-bond donors (Lipinski definition) is 1. The van der Waals surface area contributed by atoms with Crippen molar-refractivity contribution >= 4 is 17.3 Å². The van der Waals surface area contributed by atoms with Gasteiger partial charge in [0.15, 0.2) is 5.96 Å². The Balaban J connectivity index is 1.30. The Morgan fingerprint density at radius 3 is 2.68 bits per heavy atom. The molecule has 0 aromatic carbocycles. The number of aromatic nitrogens is 1. The molecule has 28 heavy (non-hydrogen) atoms. The van der Waals surface area contributed by atoms with Gasteiger partial charge >= 0.3 is 0 Å². The Hall–Kier alpha value is -1.90. The van der Waals surface area contributed by atoms with Crippen LogP contribution in [0.4, 0.5) is 0 Å². The van der Waals surface area contributed by atoms with E-state index in [9.17, 15) is 0 Å². The summed E-state index contributed by atoms with van der Waals surface area (Å²) >= 11 is 1.86. The van der Waals surface area contributed by atoms with Crippen molar-refractivity contribution in [1.29, 1.82) is 0 Å². The first-order chi connectivity index (χ1) is 13.8. The van der Waals surface area contributed by atoms with E-state index in [2.05, 4.69) is 47.7 Å². The highest BCUT2D eigenvalue weighted by Crippen LogP contribution is 2.27. The monoisotopic (exact) mass is 402 g/mol. The Labute approximate surface area is 171 Å². The van der Waals surface area contributed by atoms with Crippen molar-refractivity contribution < 1.29 is 4.52 Å². The lowest BCUT2D eigenvalue weighted by Gasteiger charge is -2.37. The normalized spacial score (nSPS) is 20.6. The second kappa shape index (κ2) is 9.54. The van der Waals surface area contributed by atoms with Gasteiger partial charge in [-0.1, -0.05) is 11.2 Å².